The Labute approximate surface area is 145 Å². The molecule has 0 radical (unpaired) electrons. The highest BCUT2D eigenvalue weighted by Crippen LogP contribution is 2.53. The fourth-order valence-corrected chi connectivity index (χ4v) is 4.29. The lowest BCUT2D eigenvalue weighted by Crippen LogP contribution is -2.37. The van der Waals surface area contributed by atoms with E-state index in [1.807, 2.05) is 42.5 Å². The molecule has 3 aromatic rings. The van der Waals surface area contributed by atoms with E-state index >= 15 is 0 Å². The van der Waals surface area contributed by atoms with E-state index in [9.17, 15) is 9.59 Å². The summed E-state index contributed by atoms with van der Waals surface area (Å²) in [5, 5.41) is 2.38. The fourth-order valence-electron chi connectivity index (χ4n) is 4.29. The van der Waals surface area contributed by atoms with Gasteiger partial charge in [-0.3, -0.25) is 14.5 Å². The van der Waals surface area contributed by atoms with Gasteiger partial charge in [-0.2, -0.15) is 0 Å². The molecule has 25 heavy (non-hydrogen) atoms. The van der Waals surface area contributed by atoms with Crippen LogP contribution < -0.4 is 4.90 Å². The van der Waals surface area contributed by atoms with Gasteiger partial charge in [0, 0.05) is 0 Å². The molecule has 0 bridgehead atoms. The first kappa shape index (κ1) is 14.4. The lowest BCUT2D eigenvalue weighted by atomic mass is 9.63. The SMILES string of the molecule is O=C1[C@@H]2[C@@H](C[C@H]2c2ccc3ccccc3c2)C(=O)N1c1ccccc1. The van der Waals surface area contributed by atoms with Crippen molar-refractivity contribution < 1.29 is 9.59 Å². The molecular formula is C22H17NO2. The number of hydrogen-bond acceptors (Lipinski definition) is 2. The van der Waals surface area contributed by atoms with Gasteiger partial charge in [0.15, 0.2) is 0 Å². The molecule has 0 spiro atoms. The largest absolute Gasteiger partial charge is 0.274 e. The Balaban J connectivity index is 1.49. The van der Waals surface area contributed by atoms with E-state index in [-0.39, 0.29) is 29.6 Å². The Morgan fingerprint density at radius 3 is 2.24 bits per heavy atom. The van der Waals surface area contributed by atoms with Crippen molar-refractivity contribution in [3.63, 3.8) is 0 Å². The average molecular weight is 327 g/mol. The topological polar surface area (TPSA) is 37.4 Å². The van der Waals surface area contributed by atoms with E-state index in [2.05, 4.69) is 30.3 Å². The minimum Gasteiger partial charge on any atom is -0.274 e. The zero-order valence-corrected chi connectivity index (χ0v) is 13.6. The van der Waals surface area contributed by atoms with E-state index < -0.39 is 0 Å². The van der Waals surface area contributed by atoms with Gasteiger partial charge in [-0.05, 0) is 40.8 Å². The van der Waals surface area contributed by atoms with E-state index in [0.29, 0.717) is 5.69 Å². The summed E-state index contributed by atoms with van der Waals surface area (Å²) in [4.78, 5) is 27.0. The summed E-state index contributed by atoms with van der Waals surface area (Å²) >= 11 is 0. The van der Waals surface area contributed by atoms with E-state index in [0.717, 1.165) is 12.0 Å². The number of hydrogen-bond donors (Lipinski definition) is 0. The van der Waals surface area contributed by atoms with Crippen molar-refractivity contribution in [2.24, 2.45) is 11.8 Å². The minimum atomic E-state index is -0.214. The summed E-state index contributed by atoms with van der Waals surface area (Å²) in [7, 11) is 0. The number of rotatable bonds is 2. The van der Waals surface area contributed by atoms with Crippen molar-refractivity contribution in [3.8, 4) is 0 Å². The number of carbonyl (C=O) groups excluding carboxylic acids is 2. The summed E-state index contributed by atoms with van der Waals surface area (Å²) in [6, 6.07) is 23.9. The van der Waals surface area contributed by atoms with Crippen molar-refractivity contribution in [3.05, 3.63) is 78.4 Å². The first-order valence-electron chi connectivity index (χ1n) is 8.65. The van der Waals surface area contributed by atoms with Crippen molar-refractivity contribution >= 4 is 28.3 Å². The Kier molecular flexibility index (Phi) is 3.04. The van der Waals surface area contributed by atoms with E-state index in [4.69, 9.17) is 0 Å². The Hall–Kier alpha value is -2.94. The Morgan fingerprint density at radius 1 is 0.720 bits per heavy atom. The van der Waals surface area contributed by atoms with Gasteiger partial charge in [-0.1, -0.05) is 60.7 Å². The van der Waals surface area contributed by atoms with Crippen molar-refractivity contribution in [1.82, 2.24) is 0 Å². The van der Waals surface area contributed by atoms with Crippen LogP contribution in [0.5, 0.6) is 0 Å². The van der Waals surface area contributed by atoms with Gasteiger partial charge >= 0.3 is 0 Å². The first-order chi connectivity index (χ1) is 12.2. The van der Waals surface area contributed by atoms with Crippen LogP contribution in [0.1, 0.15) is 17.9 Å². The van der Waals surface area contributed by atoms with Gasteiger partial charge in [0.05, 0.1) is 17.5 Å². The normalized spacial score (nSPS) is 25.1. The van der Waals surface area contributed by atoms with Gasteiger partial charge < -0.3 is 0 Å². The predicted octanol–water partition coefficient (Wildman–Crippen LogP) is 4.13. The van der Waals surface area contributed by atoms with E-state index in [1.54, 1.807) is 0 Å². The molecule has 2 fully saturated rings. The second-order valence-corrected chi connectivity index (χ2v) is 6.93. The number of benzene rings is 3. The summed E-state index contributed by atoms with van der Waals surface area (Å²) < 4.78 is 0. The summed E-state index contributed by atoms with van der Waals surface area (Å²) in [6.07, 6.45) is 0.761. The third-order valence-corrected chi connectivity index (χ3v) is 5.63. The lowest BCUT2D eigenvalue weighted by molar-refractivity contribution is -0.125. The number of carbonyl (C=O) groups is 2. The van der Waals surface area contributed by atoms with Crippen LogP contribution in [0, 0.1) is 11.8 Å². The van der Waals surface area contributed by atoms with E-state index in [1.165, 1.54) is 15.7 Å². The molecule has 1 aliphatic carbocycles. The molecule has 0 unspecified atom stereocenters. The summed E-state index contributed by atoms with van der Waals surface area (Å²) in [6.45, 7) is 0. The molecule has 0 N–H and O–H groups in total. The van der Waals surface area contributed by atoms with Crippen LogP contribution in [0.2, 0.25) is 0 Å². The van der Waals surface area contributed by atoms with Gasteiger partial charge in [-0.25, -0.2) is 0 Å². The molecule has 2 amide bonds. The van der Waals surface area contributed by atoms with Crippen molar-refractivity contribution in [2.75, 3.05) is 4.90 Å². The van der Waals surface area contributed by atoms with Crippen molar-refractivity contribution in [1.29, 1.82) is 0 Å². The number of nitrogens with zero attached hydrogens (tertiary/aromatic N) is 1. The smallest absolute Gasteiger partial charge is 0.238 e. The molecule has 3 heteroatoms. The zero-order valence-electron chi connectivity index (χ0n) is 13.6. The number of fused-ring (bicyclic) bond motifs is 2. The van der Waals surface area contributed by atoms with Gasteiger partial charge in [-0.15, -0.1) is 0 Å². The maximum absolute atomic E-state index is 12.9. The zero-order chi connectivity index (χ0) is 17.0. The molecule has 1 saturated heterocycles. The van der Waals surface area contributed by atoms with Gasteiger partial charge in [0.1, 0.15) is 0 Å². The lowest BCUT2D eigenvalue weighted by Gasteiger charge is -2.36. The molecule has 0 aromatic heterocycles. The summed E-state index contributed by atoms with van der Waals surface area (Å²) in [5.74, 6) is -0.332. The Bertz CT molecular complexity index is 995. The minimum absolute atomic E-state index is 0.0433. The highest BCUT2D eigenvalue weighted by molar-refractivity contribution is 6.23. The highest BCUT2D eigenvalue weighted by Gasteiger charge is 2.59. The first-order valence-corrected chi connectivity index (χ1v) is 8.65. The highest BCUT2D eigenvalue weighted by atomic mass is 16.2. The molecule has 1 heterocycles. The second kappa shape index (κ2) is 5.28. The molecular weight excluding hydrogens is 310 g/mol. The fraction of sp³-hybridized carbons (Fsp3) is 0.182. The third kappa shape index (κ3) is 2.05. The second-order valence-electron chi connectivity index (χ2n) is 6.93. The van der Waals surface area contributed by atoms with Crippen LogP contribution in [0.25, 0.3) is 10.8 Å². The number of imide groups is 1. The van der Waals surface area contributed by atoms with Crippen molar-refractivity contribution in [2.45, 2.75) is 12.3 Å². The quantitative estimate of drug-likeness (QED) is 0.664. The van der Waals surface area contributed by atoms with Crippen LogP contribution >= 0.6 is 0 Å². The molecule has 2 aliphatic rings. The standard InChI is InChI=1S/C22H17NO2/c24-21-19-13-18(16-11-10-14-6-4-5-7-15(14)12-16)20(19)22(25)23(21)17-8-2-1-3-9-17/h1-12,18-20H,13H2/t18-,19+,20-/m0/s1. The van der Waals surface area contributed by atoms with Gasteiger partial charge in [0.2, 0.25) is 11.8 Å². The van der Waals surface area contributed by atoms with Crippen LogP contribution in [-0.2, 0) is 9.59 Å². The third-order valence-electron chi connectivity index (χ3n) is 5.63. The molecule has 1 aliphatic heterocycles. The average Bonchev–Trinajstić information content (AvgIpc) is 2.80. The van der Waals surface area contributed by atoms with Crippen LogP contribution in [0.15, 0.2) is 72.8 Å². The molecule has 122 valence electrons. The number of amides is 2. The summed E-state index contributed by atoms with van der Waals surface area (Å²) in [5.41, 5.74) is 1.85. The van der Waals surface area contributed by atoms with Gasteiger partial charge in [0.25, 0.3) is 0 Å². The number of para-hydroxylation sites is 1. The molecule has 3 aromatic carbocycles. The maximum atomic E-state index is 12.9. The number of anilines is 1. The predicted molar refractivity (Wildman–Crippen MR) is 97.2 cm³/mol. The molecule has 1 saturated carbocycles. The van der Waals surface area contributed by atoms with Crippen LogP contribution in [0.4, 0.5) is 5.69 Å². The van der Waals surface area contributed by atoms with Crippen LogP contribution in [-0.4, -0.2) is 11.8 Å². The molecule has 3 atom stereocenters. The molecule has 5 rings (SSSR count). The molecule has 3 nitrogen and oxygen atoms in total. The monoisotopic (exact) mass is 327 g/mol. The van der Waals surface area contributed by atoms with Crippen LogP contribution in [0.3, 0.4) is 0 Å². The maximum Gasteiger partial charge on any atom is 0.238 e. The Morgan fingerprint density at radius 2 is 1.44 bits per heavy atom.